The van der Waals surface area contributed by atoms with Gasteiger partial charge in [-0.1, -0.05) is 13.8 Å². The van der Waals surface area contributed by atoms with Gasteiger partial charge in [-0.05, 0) is 23.6 Å². The van der Waals surface area contributed by atoms with Gasteiger partial charge in [-0.25, -0.2) is 0 Å². The van der Waals surface area contributed by atoms with E-state index < -0.39 is 0 Å². The van der Waals surface area contributed by atoms with E-state index in [1.165, 1.54) is 0 Å². The van der Waals surface area contributed by atoms with E-state index in [0.717, 1.165) is 11.3 Å². The maximum absolute atomic E-state index is 11.6. The molecule has 1 aliphatic rings. The molecule has 1 aliphatic heterocycles. The summed E-state index contributed by atoms with van der Waals surface area (Å²) in [4.78, 5) is 22.9. The zero-order valence-corrected chi connectivity index (χ0v) is 11.7. The third-order valence-electron chi connectivity index (χ3n) is 3.05. The van der Waals surface area contributed by atoms with Crippen LogP contribution in [0.5, 0.6) is 0 Å². The summed E-state index contributed by atoms with van der Waals surface area (Å²) in [5.74, 6) is 0.299. The number of hydrogen-bond acceptors (Lipinski definition) is 4. The van der Waals surface area contributed by atoms with Crippen molar-refractivity contribution in [1.29, 1.82) is 0 Å². The summed E-state index contributed by atoms with van der Waals surface area (Å²) >= 11 is 0. The maximum Gasteiger partial charge on any atom is 0.239 e. The summed E-state index contributed by atoms with van der Waals surface area (Å²) in [6.45, 7) is 4.88. The first kappa shape index (κ1) is 14.2. The first-order valence-corrected chi connectivity index (χ1v) is 6.68. The minimum Gasteiger partial charge on any atom is -0.397 e. The maximum atomic E-state index is 11.6. The normalized spacial score (nSPS) is 13.1. The van der Waals surface area contributed by atoms with Gasteiger partial charge in [0.2, 0.25) is 11.8 Å². The van der Waals surface area contributed by atoms with E-state index in [4.69, 9.17) is 5.73 Å². The van der Waals surface area contributed by atoms with E-state index in [-0.39, 0.29) is 18.4 Å². The monoisotopic (exact) mass is 276 g/mol. The minimum atomic E-state index is -0.0809. The molecule has 2 rings (SSSR count). The summed E-state index contributed by atoms with van der Waals surface area (Å²) < 4.78 is 0. The lowest BCUT2D eigenvalue weighted by Crippen LogP contribution is -2.32. The van der Waals surface area contributed by atoms with Crippen LogP contribution in [-0.4, -0.2) is 24.9 Å². The molecule has 1 aromatic carbocycles. The van der Waals surface area contributed by atoms with Gasteiger partial charge in [-0.15, -0.1) is 0 Å². The Morgan fingerprint density at radius 3 is 2.90 bits per heavy atom. The number of anilines is 3. The highest BCUT2D eigenvalue weighted by atomic mass is 16.2. The van der Waals surface area contributed by atoms with Gasteiger partial charge in [-0.2, -0.15) is 0 Å². The zero-order chi connectivity index (χ0) is 14.7. The molecule has 0 saturated carbocycles. The molecule has 20 heavy (non-hydrogen) atoms. The zero-order valence-electron chi connectivity index (χ0n) is 11.7. The molecule has 0 unspecified atom stereocenters. The van der Waals surface area contributed by atoms with Crippen molar-refractivity contribution in [2.24, 2.45) is 5.92 Å². The fourth-order valence-electron chi connectivity index (χ4n) is 2.00. The van der Waals surface area contributed by atoms with E-state index in [1.807, 2.05) is 13.8 Å². The Bertz CT molecular complexity index is 540. The molecule has 0 fully saturated rings. The topological polar surface area (TPSA) is 96.2 Å². The summed E-state index contributed by atoms with van der Waals surface area (Å²) in [5, 5.41) is 8.57. The molecule has 0 radical (unpaired) electrons. The van der Waals surface area contributed by atoms with Crippen molar-refractivity contribution < 1.29 is 9.59 Å². The van der Waals surface area contributed by atoms with Crippen LogP contribution in [0.1, 0.15) is 19.4 Å². The highest BCUT2D eigenvalue weighted by Gasteiger charge is 2.19. The van der Waals surface area contributed by atoms with Gasteiger partial charge in [0.15, 0.2) is 0 Å². The van der Waals surface area contributed by atoms with Crippen LogP contribution in [0.15, 0.2) is 12.1 Å². The van der Waals surface area contributed by atoms with Crippen molar-refractivity contribution >= 4 is 28.9 Å². The minimum absolute atomic E-state index is 0.0359. The molecule has 1 aromatic rings. The molecule has 0 aliphatic carbocycles. The molecule has 0 spiro atoms. The van der Waals surface area contributed by atoms with Gasteiger partial charge in [0.05, 0.1) is 24.3 Å². The van der Waals surface area contributed by atoms with Crippen LogP contribution in [0, 0.1) is 5.92 Å². The molecular formula is C14H20N4O2. The Hall–Kier alpha value is -2.24. The van der Waals surface area contributed by atoms with E-state index in [2.05, 4.69) is 16.0 Å². The van der Waals surface area contributed by atoms with E-state index >= 15 is 0 Å². The van der Waals surface area contributed by atoms with Crippen molar-refractivity contribution in [1.82, 2.24) is 5.32 Å². The molecule has 0 bridgehead atoms. The van der Waals surface area contributed by atoms with E-state index in [9.17, 15) is 9.59 Å². The van der Waals surface area contributed by atoms with Crippen LogP contribution in [0.3, 0.4) is 0 Å². The van der Waals surface area contributed by atoms with Gasteiger partial charge in [0.25, 0.3) is 0 Å². The SMILES string of the molecule is CC(C)CNC(=O)CNc1cc2c(cc1N)CC(=O)N2. The van der Waals surface area contributed by atoms with Crippen LogP contribution >= 0.6 is 0 Å². The summed E-state index contributed by atoms with van der Waals surface area (Å²) in [5.41, 5.74) is 8.76. The van der Waals surface area contributed by atoms with E-state index in [1.54, 1.807) is 12.1 Å². The third-order valence-corrected chi connectivity index (χ3v) is 3.05. The van der Waals surface area contributed by atoms with Crippen LogP contribution in [-0.2, 0) is 16.0 Å². The highest BCUT2D eigenvalue weighted by Crippen LogP contribution is 2.31. The number of hydrogen-bond donors (Lipinski definition) is 4. The quantitative estimate of drug-likeness (QED) is 0.602. The van der Waals surface area contributed by atoms with Crippen molar-refractivity contribution in [3.05, 3.63) is 17.7 Å². The van der Waals surface area contributed by atoms with Crippen molar-refractivity contribution in [2.45, 2.75) is 20.3 Å². The van der Waals surface area contributed by atoms with Gasteiger partial charge in [0, 0.05) is 12.2 Å². The summed E-state index contributed by atoms with van der Waals surface area (Å²) in [6, 6.07) is 3.53. The second kappa shape index (κ2) is 5.81. The fourth-order valence-corrected chi connectivity index (χ4v) is 2.00. The Morgan fingerprint density at radius 1 is 1.45 bits per heavy atom. The number of fused-ring (bicyclic) bond motifs is 1. The van der Waals surface area contributed by atoms with Crippen LogP contribution < -0.4 is 21.7 Å². The molecular weight excluding hydrogens is 256 g/mol. The molecule has 0 saturated heterocycles. The summed E-state index contributed by atoms with van der Waals surface area (Å²) in [6.07, 6.45) is 0.356. The lowest BCUT2D eigenvalue weighted by Gasteiger charge is -2.12. The Labute approximate surface area is 118 Å². The van der Waals surface area contributed by atoms with E-state index in [0.29, 0.717) is 30.3 Å². The molecule has 2 amide bonds. The number of nitrogen functional groups attached to an aromatic ring is 1. The van der Waals surface area contributed by atoms with Crippen molar-refractivity contribution in [3.63, 3.8) is 0 Å². The highest BCUT2D eigenvalue weighted by molar-refractivity contribution is 6.01. The second-order valence-corrected chi connectivity index (χ2v) is 5.37. The number of carbonyl (C=O) groups is 2. The lowest BCUT2D eigenvalue weighted by atomic mass is 10.1. The number of carbonyl (C=O) groups excluding carboxylic acids is 2. The van der Waals surface area contributed by atoms with Crippen molar-refractivity contribution in [3.8, 4) is 0 Å². The lowest BCUT2D eigenvalue weighted by molar-refractivity contribution is -0.119. The van der Waals surface area contributed by atoms with Gasteiger partial charge < -0.3 is 21.7 Å². The number of benzene rings is 1. The number of nitrogens with two attached hydrogens (primary N) is 1. The predicted molar refractivity (Wildman–Crippen MR) is 79.5 cm³/mol. The van der Waals surface area contributed by atoms with Gasteiger partial charge >= 0.3 is 0 Å². The molecule has 0 atom stereocenters. The molecule has 6 nitrogen and oxygen atoms in total. The molecule has 6 heteroatoms. The first-order chi connectivity index (χ1) is 9.45. The number of rotatable bonds is 5. The van der Waals surface area contributed by atoms with Crippen molar-refractivity contribution in [2.75, 3.05) is 29.5 Å². The standard InChI is InChI=1S/C14H20N4O2/c1-8(2)6-17-14(20)7-16-12-5-11-9(3-10(12)15)4-13(19)18-11/h3,5,8,16H,4,6-7,15H2,1-2H3,(H,17,20)(H,18,19). The van der Waals surface area contributed by atoms with Crippen LogP contribution in [0.2, 0.25) is 0 Å². The third kappa shape index (κ3) is 3.40. The second-order valence-electron chi connectivity index (χ2n) is 5.37. The molecule has 1 heterocycles. The molecule has 5 N–H and O–H groups in total. The van der Waals surface area contributed by atoms with Gasteiger partial charge in [-0.3, -0.25) is 9.59 Å². The van der Waals surface area contributed by atoms with Gasteiger partial charge in [0.1, 0.15) is 0 Å². The Morgan fingerprint density at radius 2 is 2.20 bits per heavy atom. The molecule has 0 aromatic heterocycles. The average Bonchev–Trinajstić information content (AvgIpc) is 2.72. The number of amides is 2. The molecule has 108 valence electrons. The van der Waals surface area contributed by atoms with Crippen LogP contribution in [0.4, 0.5) is 17.1 Å². The Kier molecular flexibility index (Phi) is 4.12. The first-order valence-electron chi connectivity index (χ1n) is 6.68. The predicted octanol–water partition coefficient (Wildman–Crippen LogP) is 0.947. The Balaban J connectivity index is 1.95. The average molecular weight is 276 g/mol. The fraction of sp³-hybridized carbons (Fsp3) is 0.429. The summed E-state index contributed by atoms with van der Waals surface area (Å²) in [7, 11) is 0. The largest absolute Gasteiger partial charge is 0.397 e. The smallest absolute Gasteiger partial charge is 0.239 e. The van der Waals surface area contributed by atoms with Crippen LogP contribution in [0.25, 0.3) is 0 Å². The number of nitrogens with one attached hydrogen (secondary N) is 3.